The molecule has 4 heteroatoms. The predicted octanol–water partition coefficient (Wildman–Crippen LogP) is 2.27. The normalized spacial score (nSPS) is 18.2. The van der Waals surface area contributed by atoms with Crippen LogP contribution in [0.5, 0.6) is 0 Å². The van der Waals surface area contributed by atoms with E-state index in [1.165, 1.54) is 12.1 Å². The molecule has 0 N–H and O–H groups in total. The lowest BCUT2D eigenvalue weighted by molar-refractivity contribution is 0.148. The lowest BCUT2D eigenvalue weighted by Crippen LogP contribution is -2.43. The van der Waals surface area contributed by atoms with Gasteiger partial charge in [-0.1, -0.05) is 6.92 Å². The highest BCUT2D eigenvalue weighted by molar-refractivity contribution is 5.26. The zero-order chi connectivity index (χ0) is 13.1. The Morgan fingerprint density at radius 3 is 2.11 bits per heavy atom. The van der Waals surface area contributed by atoms with Crippen molar-refractivity contribution in [1.29, 1.82) is 0 Å². The molecule has 0 saturated carbocycles. The van der Waals surface area contributed by atoms with Crippen molar-refractivity contribution >= 4 is 0 Å². The van der Waals surface area contributed by atoms with Crippen LogP contribution >= 0.6 is 0 Å². The van der Waals surface area contributed by atoms with E-state index in [2.05, 4.69) is 16.8 Å². The summed E-state index contributed by atoms with van der Waals surface area (Å²) in [4.78, 5) is 4.50. The Hall–Kier alpha value is -1.00. The van der Waals surface area contributed by atoms with Crippen molar-refractivity contribution in [3.05, 3.63) is 34.9 Å². The molecule has 2 rings (SSSR count). The van der Waals surface area contributed by atoms with Gasteiger partial charge in [0.25, 0.3) is 0 Å². The van der Waals surface area contributed by atoms with E-state index < -0.39 is 11.6 Å². The maximum atomic E-state index is 13.7. The van der Waals surface area contributed by atoms with Crippen LogP contribution in [0.4, 0.5) is 8.78 Å². The SMILES string of the molecule is CCc1c(F)cc(CN2CCN(C)CC2)cc1F. The molecule has 18 heavy (non-hydrogen) atoms. The lowest BCUT2D eigenvalue weighted by atomic mass is 10.1. The highest BCUT2D eigenvalue weighted by atomic mass is 19.1. The molecule has 0 aliphatic carbocycles. The molecule has 1 aromatic carbocycles. The second-order valence-corrected chi connectivity index (χ2v) is 4.97. The molecule has 1 aromatic rings. The first kappa shape index (κ1) is 13.4. The fourth-order valence-corrected chi connectivity index (χ4v) is 2.35. The van der Waals surface area contributed by atoms with Crippen LogP contribution < -0.4 is 0 Å². The number of piperazine rings is 1. The molecule has 0 atom stereocenters. The molecule has 1 saturated heterocycles. The van der Waals surface area contributed by atoms with E-state index in [-0.39, 0.29) is 5.56 Å². The molecule has 0 radical (unpaired) electrons. The maximum absolute atomic E-state index is 13.7. The van der Waals surface area contributed by atoms with Crippen LogP contribution in [0.3, 0.4) is 0 Å². The van der Waals surface area contributed by atoms with E-state index >= 15 is 0 Å². The summed E-state index contributed by atoms with van der Waals surface area (Å²) in [6.07, 6.45) is 0.395. The number of halogens is 2. The van der Waals surface area contributed by atoms with Crippen molar-refractivity contribution in [3.63, 3.8) is 0 Å². The molecule has 0 unspecified atom stereocenters. The molecule has 1 aliphatic heterocycles. The standard InChI is InChI=1S/C14H20F2N2/c1-3-12-13(15)8-11(9-14(12)16)10-18-6-4-17(2)5-7-18/h8-9H,3-7,10H2,1-2H3. The minimum atomic E-state index is -0.415. The summed E-state index contributed by atoms with van der Waals surface area (Å²) < 4.78 is 27.3. The quantitative estimate of drug-likeness (QED) is 0.816. The largest absolute Gasteiger partial charge is 0.304 e. The van der Waals surface area contributed by atoms with Crippen LogP contribution in [0.25, 0.3) is 0 Å². The van der Waals surface area contributed by atoms with Crippen molar-refractivity contribution in [2.24, 2.45) is 0 Å². The second-order valence-electron chi connectivity index (χ2n) is 4.97. The third kappa shape index (κ3) is 3.06. The van der Waals surface area contributed by atoms with Gasteiger partial charge in [0.1, 0.15) is 11.6 Å². The first-order valence-electron chi connectivity index (χ1n) is 6.48. The van der Waals surface area contributed by atoms with Crippen LogP contribution in [0.2, 0.25) is 0 Å². The number of hydrogen-bond acceptors (Lipinski definition) is 2. The lowest BCUT2D eigenvalue weighted by Gasteiger charge is -2.32. The highest BCUT2D eigenvalue weighted by Gasteiger charge is 2.16. The first-order chi connectivity index (χ1) is 8.60. The summed E-state index contributed by atoms with van der Waals surface area (Å²) in [6.45, 7) is 6.33. The van der Waals surface area contributed by atoms with E-state index in [1.807, 2.05) is 0 Å². The van der Waals surface area contributed by atoms with E-state index in [9.17, 15) is 8.78 Å². The van der Waals surface area contributed by atoms with Gasteiger partial charge in [0.05, 0.1) is 0 Å². The Labute approximate surface area is 107 Å². The summed E-state index contributed by atoms with van der Waals surface area (Å²) >= 11 is 0. The summed E-state index contributed by atoms with van der Waals surface area (Å²) in [6, 6.07) is 2.94. The third-order valence-electron chi connectivity index (χ3n) is 3.56. The van der Waals surface area contributed by atoms with Crippen molar-refractivity contribution in [2.75, 3.05) is 33.2 Å². The molecule has 1 aliphatic rings. The zero-order valence-electron chi connectivity index (χ0n) is 11.0. The van der Waals surface area contributed by atoms with Crippen LogP contribution in [-0.2, 0) is 13.0 Å². The van der Waals surface area contributed by atoms with Crippen LogP contribution in [-0.4, -0.2) is 43.0 Å². The van der Waals surface area contributed by atoms with Gasteiger partial charge in [-0.2, -0.15) is 0 Å². The third-order valence-corrected chi connectivity index (χ3v) is 3.56. The van der Waals surface area contributed by atoms with E-state index in [4.69, 9.17) is 0 Å². The van der Waals surface area contributed by atoms with Crippen LogP contribution in [0.15, 0.2) is 12.1 Å². The van der Waals surface area contributed by atoms with Crippen molar-refractivity contribution in [1.82, 2.24) is 9.80 Å². The number of nitrogens with zero attached hydrogens (tertiary/aromatic N) is 2. The maximum Gasteiger partial charge on any atom is 0.129 e. The summed E-state index contributed by atoms with van der Waals surface area (Å²) in [7, 11) is 2.09. The minimum Gasteiger partial charge on any atom is -0.304 e. The molecule has 100 valence electrons. The molecule has 0 amide bonds. The van der Waals surface area contributed by atoms with Gasteiger partial charge < -0.3 is 4.90 Å². The topological polar surface area (TPSA) is 6.48 Å². The molecule has 0 spiro atoms. The van der Waals surface area contributed by atoms with Gasteiger partial charge >= 0.3 is 0 Å². The van der Waals surface area contributed by atoms with Crippen molar-refractivity contribution in [2.45, 2.75) is 19.9 Å². The Kier molecular flexibility index (Phi) is 4.30. The Balaban J connectivity index is 2.06. The average molecular weight is 254 g/mol. The molecular formula is C14H20F2N2. The van der Waals surface area contributed by atoms with Crippen molar-refractivity contribution < 1.29 is 8.78 Å². The van der Waals surface area contributed by atoms with Gasteiger partial charge in [-0.15, -0.1) is 0 Å². The number of rotatable bonds is 3. The number of likely N-dealkylation sites (N-methyl/N-ethyl adjacent to an activating group) is 1. The average Bonchev–Trinajstić information content (AvgIpc) is 2.32. The zero-order valence-corrected chi connectivity index (χ0v) is 11.0. The summed E-state index contributed by atoms with van der Waals surface area (Å²) in [5, 5.41) is 0. The van der Waals surface area contributed by atoms with E-state index in [0.29, 0.717) is 13.0 Å². The van der Waals surface area contributed by atoms with Crippen LogP contribution in [0, 0.1) is 11.6 Å². The molecule has 0 aromatic heterocycles. The predicted molar refractivity (Wildman–Crippen MR) is 68.5 cm³/mol. The molecule has 1 fully saturated rings. The van der Waals surface area contributed by atoms with E-state index in [0.717, 1.165) is 31.7 Å². The molecular weight excluding hydrogens is 234 g/mol. The Morgan fingerprint density at radius 1 is 1.06 bits per heavy atom. The van der Waals surface area contributed by atoms with Crippen LogP contribution in [0.1, 0.15) is 18.1 Å². The van der Waals surface area contributed by atoms with Crippen molar-refractivity contribution in [3.8, 4) is 0 Å². The van der Waals surface area contributed by atoms with Gasteiger partial charge in [-0.3, -0.25) is 4.90 Å². The minimum absolute atomic E-state index is 0.192. The van der Waals surface area contributed by atoms with Gasteiger partial charge in [-0.05, 0) is 31.2 Å². The van der Waals surface area contributed by atoms with Gasteiger partial charge in [-0.25, -0.2) is 8.78 Å². The number of hydrogen-bond donors (Lipinski definition) is 0. The number of benzene rings is 1. The van der Waals surface area contributed by atoms with Gasteiger partial charge in [0.15, 0.2) is 0 Å². The smallest absolute Gasteiger partial charge is 0.129 e. The van der Waals surface area contributed by atoms with E-state index in [1.54, 1.807) is 6.92 Å². The Morgan fingerprint density at radius 2 is 1.61 bits per heavy atom. The second kappa shape index (κ2) is 5.76. The first-order valence-corrected chi connectivity index (χ1v) is 6.48. The van der Waals surface area contributed by atoms with Gasteiger partial charge in [0, 0.05) is 38.3 Å². The molecule has 2 nitrogen and oxygen atoms in total. The fourth-order valence-electron chi connectivity index (χ4n) is 2.35. The molecule has 0 bridgehead atoms. The highest BCUT2D eigenvalue weighted by Crippen LogP contribution is 2.17. The van der Waals surface area contributed by atoms with Gasteiger partial charge in [0.2, 0.25) is 0 Å². The summed E-state index contributed by atoms with van der Waals surface area (Å²) in [5.74, 6) is -0.830. The molecule has 1 heterocycles. The monoisotopic (exact) mass is 254 g/mol. The Bertz CT molecular complexity index is 389. The fraction of sp³-hybridized carbons (Fsp3) is 0.571. The summed E-state index contributed by atoms with van der Waals surface area (Å²) in [5.41, 5.74) is 0.920.